The number of hydrogen-bond acceptors (Lipinski definition) is 0. The second-order valence-corrected chi connectivity index (χ2v) is 6.83. The summed E-state index contributed by atoms with van der Waals surface area (Å²) in [5.74, 6) is 1.36. The maximum absolute atomic E-state index is 2.42. The van der Waals surface area contributed by atoms with Crippen molar-refractivity contribution in [2.75, 3.05) is 5.75 Å². The lowest BCUT2D eigenvalue weighted by Gasteiger charge is -2.18. The van der Waals surface area contributed by atoms with Crippen LogP contribution in [0.15, 0.2) is 41.8 Å². The lowest BCUT2D eigenvalue weighted by molar-refractivity contribution is 0.778. The lowest BCUT2D eigenvalue weighted by Crippen LogP contribution is -1.89. The van der Waals surface area contributed by atoms with Crippen LogP contribution in [0.5, 0.6) is 0 Å². The van der Waals surface area contributed by atoms with Crippen molar-refractivity contribution in [1.82, 2.24) is 0 Å². The lowest BCUT2D eigenvalue weighted by atomic mass is 10.1. The van der Waals surface area contributed by atoms with Crippen molar-refractivity contribution in [3.8, 4) is 0 Å². The van der Waals surface area contributed by atoms with Crippen molar-refractivity contribution in [2.24, 2.45) is 0 Å². The molecule has 1 heterocycles. The molecule has 0 saturated heterocycles. The Morgan fingerprint density at radius 3 is 2.53 bits per heavy atom. The Balaban J connectivity index is 2.03. The van der Waals surface area contributed by atoms with Gasteiger partial charge in [-0.1, -0.05) is 55.7 Å². The van der Waals surface area contributed by atoms with E-state index in [0.717, 1.165) is 0 Å². The van der Waals surface area contributed by atoms with Gasteiger partial charge in [0.05, 0.1) is 0 Å². The Bertz CT molecular complexity index is 412. The van der Waals surface area contributed by atoms with Crippen LogP contribution in [0.2, 0.25) is 0 Å². The van der Waals surface area contributed by atoms with E-state index in [1.807, 2.05) is 0 Å². The number of rotatable bonds is 5. The first-order valence-electron chi connectivity index (χ1n) is 6.53. The number of benzene rings is 1. The molecule has 0 radical (unpaired) electrons. The van der Waals surface area contributed by atoms with Gasteiger partial charge in [-0.05, 0) is 41.1 Å². The first-order valence-corrected chi connectivity index (χ1v) is 8.13. The minimum Gasteiger partial charge on any atom is -0.206 e. The minimum absolute atomic E-state index is 0.0255. The van der Waals surface area contributed by atoms with E-state index in [4.69, 9.17) is 0 Å². The maximum atomic E-state index is 2.42. The number of allylic oxidation sites excluding steroid dienone is 2. The van der Waals surface area contributed by atoms with Gasteiger partial charge in [-0.3, -0.25) is 0 Å². The maximum Gasteiger partial charge on any atom is -0.00174 e. The van der Waals surface area contributed by atoms with E-state index in [2.05, 4.69) is 55.7 Å². The molecule has 0 N–H and O–H groups in total. The average Bonchev–Trinajstić information content (AvgIpc) is 2.79. The van der Waals surface area contributed by atoms with Crippen LogP contribution >= 0.6 is 10.9 Å². The summed E-state index contributed by atoms with van der Waals surface area (Å²) in [6.45, 7) is 4.42. The highest BCUT2D eigenvalue weighted by Gasteiger charge is 2.12. The SMILES string of the molecule is CCCCC[SH]1C=CC=C1c1ccc(C)cc1. The van der Waals surface area contributed by atoms with Crippen LogP contribution in [0, 0.1) is 6.92 Å². The van der Waals surface area contributed by atoms with Gasteiger partial charge in [0.25, 0.3) is 0 Å². The molecule has 0 aromatic heterocycles. The van der Waals surface area contributed by atoms with Gasteiger partial charge in [0.2, 0.25) is 0 Å². The molecule has 1 aliphatic heterocycles. The number of unbranched alkanes of at least 4 members (excludes halogenated alkanes) is 2. The van der Waals surface area contributed by atoms with Crippen molar-refractivity contribution < 1.29 is 0 Å². The average molecular weight is 246 g/mol. The highest BCUT2D eigenvalue weighted by molar-refractivity contribution is 8.27. The molecule has 0 spiro atoms. The highest BCUT2D eigenvalue weighted by atomic mass is 32.2. The van der Waals surface area contributed by atoms with Crippen LogP contribution in [0.3, 0.4) is 0 Å². The molecule has 0 nitrogen and oxygen atoms in total. The Labute approximate surface area is 108 Å². The summed E-state index contributed by atoms with van der Waals surface area (Å²) in [5.41, 5.74) is 2.76. The summed E-state index contributed by atoms with van der Waals surface area (Å²) in [7, 11) is -0.0255. The molecule has 1 aliphatic rings. The van der Waals surface area contributed by atoms with E-state index in [9.17, 15) is 0 Å². The Kier molecular flexibility index (Phi) is 4.49. The first kappa shape index (κ1) is 12.5. The topological polar surface area (TPSA) is 0 Å². The zero-order valence-corrected chi connectivity index (χ0v) is 11.7. The smallest absolute Gasteiger partial charge is 0.00174 e. The van der Waals surface area contributed by atoms with E-state index >= 15 is 0 Å². The van der Waals surface area contributed by atoms with E-state index in [1.54, 1.807) is 4.91 Å². The largest absolute Gasteiger partial charge is 0.206 e. The molecule has 1 aromatic carbocycles. The zero-order chi connectivity index (χ0) is 12.1. The second kappa shape index (κ2) is 6.11. The van der Waals surface area contributed by atoms with E-state index < -0.39 is 0 Å². The van der Waals surface area contributed by atoms with Gasteiger partial charge in [0.15, 0.2) is 0 Å². The normalized spacial score (nSPS) is 20.6. The molecule has 0 amide bonds. The van der Waals surface area contributed by atoms with Crippen molar-refractivity contribution >= 4 is 15.8 Å². The molecule has 0 bridgehead atoms. The summed E-state index contributed by atoms with van der Waals surface area (Å²) >= 11 is 0. The van der Waals surface area contributed by atoms with Crippen molar-refractivity contribution in [3.05, 3.63) is 53.0 Å². The Morgan fingerprint density at radius 1 is 1.06 bits per heavy atom. The fraction of sp³-hybridized carbons (Fsp3) is 0.375. The molecule has 0 aliphatic carbocycles. The molecule has 1 atom stereocenters. The van der Waals surface area contributed by atoms with Crippen LogP contribution in [0.25, 0.3) is 4.91 Å². The van der Waals surface area contributed by atoms with Gasteiger partial charge in [0, 0.05) is 0 Å². The summed E-state index contributed by atoms with van der Waals surface area (Å²) in [6.07, 6.45) is 8.61. The summed E-state index contributed by atoms with van der Waals surface area (Å²) in [6, 6.07) is 8.97. The molecule has 1 unspecified atom stereocenters. The molecule has 0 fully saturated rings. The number of hydrogen-bond donors (Lipinski definition) is 1. The predicted octanol–water partition coefficient (Wildman–Crippen LogP) is 5.05. The quantitative estimate of drug-likeness (QED) is 0.545. The standard InChI is InChI=1S/C16H22S/c1-3-4-5-12-17-13-6-7-16(17)15-10-8-14(2)9-11-15/h6-11,13,17H,3-5,12H2,1-2H3. The summed E-state index contributed by atoms with van der Waals surface area (Å²) in [4.78, 5) is 1.57. The van der Waals surface area contributed by atoms with Crippen LogP contribution in [0.1, 0.15) is 37.3 Å². The molecular formula is C16H22S. The number of thiol groups is 1. The third-order valence-corrected chi connectivity index (χ3v) is 5.54. The van der Waals surface area contributed by atoms with Crippen LogP contribution in [-0.4, -0.2) is 5.75 Å². The van der Waals surface area contributed by atoms with Gasteiger partial charge in [-0.2, -0.15) is 0 Å². The Hall–Kier alpha value is -0.950. The van der Waals surface area contributed by atoms with Gasteiger partial charge in [-0.25, -0.2) is 10.9 Å². The molecule has 0 saturated carbocycles. The van der Waals surface area contributed by atoms with E-state index in [1.165, 1.54) is 36.1 Å². The third kappa shape index (κ3) is 3.26. The predicted molar refractivity (Wildman–Crippen MR) is 81.7 cm³/mol. The van der Waals surface area contributed by atoms with Crippen molar-refractivity contribution in [1.29, 1.82) is 0 Å². The van der Waals surface area contributed by atoms with Gasteiger partial charge < -0.3 is 0 Å². The van der Waals surface area contributed by atoms with Crippen molar-refractivity contribution in [2.45, 2.75) is 33.1 Å². The molecule has 17 heavy (non-hydrogen) atoms. The molecule has 2 rings (SSSR count). The summed E-state index contributed by atoms with van der Waals surface area (Å²) < 4.78 is 0. The highest BCUT2D eigenvalue weighted by Crippen LogP contribution is 2.47. The van der Waals surface area contributed by atoms with E-state index in [0.29, 0.717) is 0 Å². The fourth-order valence-corrected chi connectivity index (χ4v) is 4.29. The molecule has 92 valence electrons. The Morgan fingerprint density at radius 2 is 1.82 bits per heavy atom. The van der Waals surface area contributed by atoms with Crippen LogP contribution < -0.4 is 0 Å². The summed E-state index contributed by atoms with van der Waals surface area (Å²) in [5, 5.41) is 2.42. The minimum atomic E-state index is -0.0255. The van der Waals surface area contributed by atoms with E-state index in [-0.39, 0.29) is 10.9 Å². The first-order chi connectivity index (χ1) is 8.31. The van der Waals surface area contributed by atoms with Crippen LogP contribution in [-0.2, 0) is 0 Å². The fourth-order valence-electron chi connectivity index (χ4n) is 2.13. The monoisotopic (exact) mass is 246 g/mol. The van der Waals surface area contributed by atoms with Gasteiger partial charge in [0.1, 0.15) is 0 Å². The zero-order valence-electron chi connectivity index (χ0n) is 10.8. The van der Waals surface area contributed by atoms with Gasteiger partial charge >= 0.3 is 0 Å². The van der Waals surface area contributed by atoms with Crippen molar-refractivity contribution in [3.63, 3.8) is 0 Å². The molecular weight excluding hydrogens is 224 g/mol. The second-order valence-electron chi connectivity index (χ2n) is 4.66. The third-order valence-electron chi connectivity index (χ3n) is 3.18. The number of aryl methyl sites for hydroxylation is 1. The molecule has 1 heteroatoms. The van der Waals surface area contributed by atoms with Crippen LogP contribution in [0.4, 0.5) is 0 Å². The molecule has 1 aromatic rings. The van der Waals surface area contributed by atoms with Gasteiger partial charge in [-0.15, -0.1) is 0 Å².